The molecule has 0 radical (unpaired) electrons. The Labute approximate surface area is 167 Å². The summed E-state index contributed by atoms with van der Waals surface area (Å²) in [5.41, 5.74) is 0.514. The molecular weight excluding hydrogens is 382 g/mol. The molecule has 1 N–H and O–H groups in total. The summed E-state index contributed by atoms with van der Waals surface area (Å²) in [7, 11) is -2.19. The molecule has 1 amide bonds. The van der Waals surface area contributed by atoms with Crippen molar-refractivity contribution in [3.8, 4) is 0 Å². The van der Waals surface area contributed by atoms with Gasteiger partial charge in [0.2, 0.25) is 15.9 Å². The van der Waals surface area contributed by atoms with Crippen molar-refractivity contribution in [2.24, 2.45) is 5.92 Å². The molecule has 1 aromatic carbocycles. The number of carbonyl (C=O) groups excluding carboxylic acids is 2. The van der Waals surface area contributed by atoms with E-state index in [9.17, 15) is 18.0 Å². The van der Waals surface area contributed by atoms with Crippen LogP contribution in [0.4, 0.5) is 5.69 Å². The number of carbonyl (C=O) groups is 2. The number of nitrogens with zero attached hydrogens (tertiary/aromatic N) is 2. The van der Waals surface area contributed by atoms with E-state index >= 15 is 0 Å². The monoisotopic (exact) mass is 413 g/mol. The van der Waals surface area contributed by atoms with Gasteiger partial charge in [-0.2, -0.15) is 4.31 Å². The van der Waals surface area contributed by atoms with Gasteiger partial charge in [-0.25, -0.2) is 8.42 Å². The quantitative estimate of drug-likeness (QED) is 0.556. The van der Waals surface area contributed by atoms with Crippen molar-refractivity contribution in [1.82, 2.24) is 9.21 Å². The van der Waals surface area contributed by atoms with Crippen LogP contribution in [0.15, 0.2) is 29.2 Å². The zero-order valence-corrected chi connectivity index (χ0v) is 18.1. The van der Waals surface area contributed by atoms with E-state index in [-0.39, 0.29) is 29.2 Å². The maximum Gasteiger partial charge on any atom is 0.309 e. The molecule has 1 atom stereocenters. The lowest BCUT2D eigenvalue weighted by molar-refractivity contribution is -0.145. The fourth-order valence-electron chi connectivity index (χ4n) is 2.79. The first-order valence-electron chi connectivity index (χ1n) is 9.39. The molecule has 1 unspecified atom stereocenters. The number of amides is 1. The van der Waals surface area contributed by atoms with Crippen LogP contribution in [0, 0.1) is 5.92 Å². The Morgan fingerprint density at radius 3 is 2.11 bits per heavy atom. The molecule has 28 heavy (non-hydrogen) atoms. The van der Waals surface area contributed by atoms with Gasteiger partial charge in [-0.05, 0) is 30.8 Å². The number of anilines is 1. The second-order valence-electron chi connectivity index (χ2n) is 6.41. The lowest BCUT2D eigenvalue weighted by Crippen LogP contribution is -2.38. The van der Waals surface area contributed by atoms with Crippen LogP contribution < -0.4 is 5.32 Å². The molecule has 0 saturated carbocycles. The highest BCUT2D eigenvalue weighted by atomic mass is 32.2. The number of ether oxygens (including phenoxy) is 1. The highest BCUT2D eigenvalue weighted by molar-refractivity contribution is 7.89. The Bertz CT molecular complexity index is 745. The number of esters is 1. The highest BCUT2D eigenvalue weighted by Crippen LogP contribution is 2.18. The van der Waals surface area contributed by atoms with E-state index in [0.717, 1.165) is 0 Å². The topological polar surface area (TPSA) is 96.0 Å². The van der Waals surface area contributed by atoms with E-state index < -0.39 is 10.0 Å². The van der Waals surface area contributed by atoms with Crippen LogP contribution in [0.5, 0.6) is 0 Å². The number of methoxy groups -OCH3 is 1. The minimum Gasteiger partial charge on any atom is -0.469 e. The van der Waals surface area contributed by atoms with Gasteiger partial charge in [0, 0.05) is 25.3 Å². The summed E-state index contributed by atoms with van der Waals surface area (Å²) in [6.07, 6.45) is 0. The minimum atomic E-state index is -3.52. The Balaban J connectivity index is 2.73. The third-order valence-corrected chi connectivity index (χ3v) is 6.50. The number of sulfonamides is 1. The SMILES string of the molecule is CCN(CC(=O)Nc1ccc(S(=O)(=O)N(CC)CC)cc1)CC(C)C(=O)OC. The van der Waals surface area contributed by atoms with Crippen LogP contribution in [0.3, 0.4) is 0 Å². The summed E-state index contributed by atoms with van der Waals surface area (Å²) in [4.78, 5) is 25.9. The molecule has 0 bridgehead atoms. The van der Waals surface area contributed by atoms with Gasteiger partial charge in [0.15, 0.2) is 0 Å². The lowest BCUT2D eigenvalue weighted by atomic mass is 10.1. The molecule has 0 saturated heterocycles. The minimum absolute atomic E-state index is 0.122. The second kappa shape index (κ2) is 11.1. The average Bonchev–Trinajstić information content (AvgIpc) is 2.67. The van der Waals surface area contributed by atoms with E-state index in [2.05, 4.69) is 5.32 Å². The van der Waals surface area contributed by atoms with Crippen molar-refractivity contribution < 1.29 is 22.7 Å². The predicted octanol–water partition coefficient (Wildman–Crippen LogP) is 1.79. The molecule has 1 rings (SSSR count). The number of nitrogens with one attached hydrogen (secondary N) is 1. The molecule has 9 heteroatoms. The van der Waals surface area contributed by atoms with Crippen molar-refractivity contribution in [3.05, 3.63) is 24.3 Å². The fraction of sp³-hybridized carbons (Fsp3) is 0.579. The van der Waals surface area contributed by atoms with Gasteiger partial charge < -0.3 is 10.1 Å². The first kappa shape index (κ1) is 24.1. The van der Waals surface area contributed by atoms with Crippen LogP contribution in [0.1, 0.15) is 27.7 Å². The number of likely N-dealkylation sites (N-methyl/N-ethyl adjacent to an activating group) is 1. The summed E-state index contributed by atoms with van der Waals surface area (Å²) in [6, 6.07) is 6.11. The largest absolute Gasteiger partial charge is 0.469 e. The van der Waals surface area contributed by atoms with Gasteiger partial charge in [0.25, 0.3) is 0 Å². The summed E-state index contributed by atoms with van der Waals surface area (Å²) in [5, 5.41) is 2.75. The number of hydrogen-bond donors (Lipinski definition) is 1. The molecule has 1 aromatic rings. The lowest BCUT2D eigenvalue weighted by Gasteiger charge is -2.22. The van der Waals surface area contributed by atoms with Gasteiger partial charge in [-0.15, -0.1) is 0 Å². The summed E-state index contributed by atoms with van der Waals surface area (Å²) >= 11 is 0. The van der Waals surface area contributed by atoms with Crippen LogP contribution in [0.25, 0.3) is 0 Å². The first-order chi connectivity index (χ1) is 13.2. The summed E-state index contributed by atoms with van der Waals surface area (Å²) in [5.74, 6) is -0.885. The van der Waals surface area contributed by atoms with Crippen molar-refractivity contribution in [2.75, 3.05) is 45.2 Å². The molecule has 0 aliphatic heterocycles. The van der Waals surface area contributed by atoms with E-state index in [1.165, 1.54) is 23.5 Å². The molecular formula is C19H31N3O5S. The molecule has 0 heterocycles. The van der Waals surface area contributed by atoms with Crippen molar-refractivity contribution in [2.45, 2.75) is 32.6 Å². The highest BCUT2D eigenvalue weighted by Gasteiger charge is 2.22. The Morgan fingerprint density at radius 1 is 1.07 bits per heavy atom. The van der Waals surface area contributed by atoms with Gasteiger partial charge in [-0.3, -0.25) is 14.5 Å². The molecule has 0 fully saturated rings. The second-order valence-corrected chi connectivity index (χ2v) is 8.35. The zero-order valence-electron chi connectivity index (χ0n) is 17.3. The molecule has 158 valence electrons. The fourth-order valence-corrected chi connectivity index (χ4v) is 4.25. The first-order valence-corrected chi connectivity index (χ1v) is 10.8. The maximum atomic E-state index is 12.5. The number of hydrogen-bond acceptors (Lipinski definition) is 6. The standard InChI is InChI=1S/C19H31N3O5S/c1-6-21(13-15(4)19(24)27-5)14-18(23)20-16-9-11-17(12-10-16)28(25,26)22(7-2)8-3/h9-12,15H,6-8,13-14H2,1-5H3,(H,20,23). The third kappa shape index (κ3) is 6.57. The van der Waals surface area contributed by atoms with E-state index in [1.54, 1.807) is 32.9 Å². The van der Waals surface area contributed by atoms with Crippen LogP contribution in [-0.4, -0.2) is 69.3 Å². The smallest absolute Gasteiger partial charge is 0.309 e. The molecule has 0 aliphatic rings. The summed E-state index contributed by atoms with van der Waals surface area (Å²) < 4.78 is 31.1. The van der Waals surface area contributed by atoms with E-state index in [1.807, 2.05) is 11.8 Å². The molecule has 0 aliphatic carbocycles. The van der Waals surface area contributed by atoms with Crippen molar-refractivity contribution >= 4 is 27.6 Å². The van der Waals surface area contributed by atoms with Crippen LogP contribution >= 0.6 is 0 Å². The van der Waals surface area contributed by atoms with Crippen molar-refractivity contribution in [1.29, 1.82) is 0 Å². The number of rotatable bonds is 11. The van der Waals surface area contributed by atoms with E-state index in [4.69, 9.17) is 4.74 Å². The Kier molecular flexibility index (Phi) is 9.57. The summed E-state index contributed by atoms with van der Waals surface area (Å²) in [6.45, 7) is 9.17. The van der Waals surface area contributed by atoms with E-state index in [0.29, 0.717) is 31.9 Å². The van der Waals surface area contributed by atoms with Crippen LogP contribution in [0.2, 0.25) is 0 Å². The average molecular weight is 414 g/mol. The molecule has 0 spiro atoms. The van der Waals surface area contributed by atoms with Crippen molar-refractivity contribution in [3.63, 3.8) is 0 Å². The van der Waals surface area contributed by atoms with Gasteiger partial charge in [0.1, 0.15) is 0 Å². The third-order valence-electron chi connectivity index (χ3n) is 4.43. The predicted molar refractivity (Wildman–Crippen MR) is 108 cm³/mol. The van der Waals surface area contributed by atoms with Gasteiger partial charge in [-0.1, -0.05) is 27.7 Å². The zero-order chi connectivity index (χ0) is 21.3. The number of benzene rings is 1. The normalized spacial score (nSPS) is 12.8. The molecule has 8 nitrogen and oxygen atoms in total. The molecule has 0 aromatic heterocycles. The van der Waals surface area contributed by atoms with Crippen LogP contribution in [-0.2, 0) is 24.3 Å². The van der Waals surface area contributed by atoms with Gasteiger partial charge >= 0.3 is 5.97 Å². The maximum absolute atomic E-state index is 12.5. The van der Waals surface area contributed by atoms with Gasteiger partial charge in [0.05, 0.1) is 24.5 Å². The Morgan fingerprint density at radius 2 is 1.64 bits per heavy atom. The Hall–Kier alpha value is -1.97.